The largest absolute Gasteiger partial charge is 0.480 e. The number of thiazole rings is 1. The van der Waals surface area contributed by atoms with Gasteiger partial charge in [0.15, 0.2) is 5.82 Å². The number of hydrogen-bond donors (Lipinski definition) is 0. The molecule has 0 bridgehead atoms. The molecule has 0 atom stereocenters. The van der Waals surface area contributed by atoms with Crippen molar-refractivity contribution in [2.45, 2.75) is 32.2 Å². The first kappa shape index (κ1) is 21.5. The van der Waals surface area contributed by atoms with Gasteiger partial charge in [-0.1, -0.05) is 24.3 Å². The van der Waals surface area contributed by atoms with E-state index in [2.05, 4.69) is 32.1 Å². The number of benzene rings is 1. The Morgan fingerprint density at radius 1 is 1.06 bits per heavy atom. The van der Waals surface area contributed by atoms with E-state index in [0.29, 0.717) is 35.4 Å². The van der Waals surface area contributed by atoms with Crippen molar-refractivity contribution < 1.29 is 4.74 Å². The fourth-order valence-electron chi connectivity index (χ4n) is 4.28. The van der Waals surface area contributed by atoms with Crippen molar-refractivity contribution in [3.05, 3.63) is 81.7 Å². The van der Waals surface area contributed by atoms with Gasteiger partial charge in [0.1, 0.15) is 17.5 Å². The molecule has 1 aromatic carbocycles. The molecule has 5 aromatic rings. The van der Waals surface area contributed by atoms with Crippen molar-refractivity contribution in [1.82, 2.24) is 29.5 Å². The van der Waals surface area contributed by atoms with Crippen molar-refractivity contribution >= 4 is 22.4 Å². The molecule has 0 aliphatic heterocycles. The highest BCUT2D eigenvalue weighted by Gasteiger charge is 2.31. The zero-order valence-electron chi connectivity index (χ0n) is 19.3. The number of aryl methyl sites for hydroxylation is 1. The smallest absolute Gasteiger partial charge is 0.252 e. The summed E-state index contributed by atoms with van der Waals surface area (Å²) < 4.78 is 7.21. The van der Waals surface area contributed by atoms with E-state index in [4.69, 9.17) is 9.72 Å². The molecule has 6 rings (SSSR count). The summed E-state index contributed by atoms with van der Waals surface area (Å²) in [6.07, 6.45) is 5.40. The second-order valence-corrected chi connectivity index (χ2v) is 9.47. The Morgan fingerprint density at radius 2 is 1.89 bits per heavy atom. The highest BCUT2D eigenvalue weighted by atomic mass is 32.1. The predicted octanol–water partition coefficient (Wildman–Crippen LogP) is 4.61. The van der Waals surface area contributed by atoms with Crippen LogP contribution in [0.5, 0.6) is 5.88 Å². The van der Waals surface area contributed by atoms with Crippen LogP contribution >= 0.6 is 11.3 Å². The third kappa shape index (κ3) is 3.97. The van der Waals surface area contributed by atoms with Crippen molar-refractivity contribution in [1.29, 1.82) is 0 Å². The SMILES string of the molecule is COc1ncnc(C2CC2)c1-c1ncc2ccc(=O)n(Cc3ccc(-c4scnc4C)cc3)c2n1. The van der Waals surface area contributed by atoms with Gasteiger partial charge in [-0.15, -0.1) is 11.3 Å². The zero-order valence-corrected chi connectivity index (χ0v) is 20.1. The van der Waals surface area contributed by atoms with Gasteiger partial charge in [0.2, 0.25) is 5.88 Å². The molecule has 174 valence electrons. The number of fused-ring (bicyclic) bond motifs is 1. The molecule has 4 heterocycles. The van der Waals surface area contributed by atoms with Crippen LogP contribution in [0.25, 0.3) is 32.9 Å². The molecule has 1 aliphatic rings. The molecule has 0 spiro atoms. The molecule has 1 saturated carbocycles. The average molecular weight is 483 g/mol. The maximum atomic E-state index is 12.9. The first-order valence-electron chi connectivity index (χ1n) is 11.4. The molecule has 4 aromatic heterocycles. The van der Waals surface area contributed by atoms with Crippen LogP contribution < -0.4 is 10.3 Å². The number of nitrogens with zero attached hydrogens (tertiary/aromatic N) is 6. The summed E-state index contributed by atoms with van der Waals surface area (Å²) in [7, 11) is 1.58. The van der Waals surface area contributed by atoms with Crippen LogP contribution in [0.4, 0.5) is 0 Å². The van der Waals surface area contributed by atoms with E-state index in [1.54, 1.807) is 41.3 Å². The van der Waals surface area contributed by atoms with Crippen LogP contribution in [0.1, 0.15) is 35.7 Å². The normalized spacial score (nSPS) is 13.3. The van der Waals surface area contributed by atoms with Gasteiger partial charge in [0.25, 0.3) is 5.56 Å². The average Bonchev–Trinajstić information content (AvgIpc) is 3.65. The van der Waals surface area contributed by atoms with E-state index in [1.165, 1.54) is 6.33 Å². The standard InChI is InChI=1S/C26H22N6O2S/c1-15-23(35-14-30-15)18-5-3-16(4-6-18)12-32-20(33)10-9-19-11-27-24(31-25(19)32)21-22(17-7-8-17)28-13-29-26(21)34-2/h3-6,9-11,13-14,17H,7-8,12H2,1-2H3. The molecule has 0 N–H and O–H groups in total. The van der Waals surface area contributed by atoms with Gasteiger partial charge in [0, 0.05) is 23.6 Å². The molecule has 9 heteroatoms. The maximum absolute atomic E-state index is 12.9. The molecule has 1 fully saturated rings. The second-order valence-electron chi connectivity index (χ2n) is 8.61. The van der Waals surface area contributed by atoms with E-state index in [0.717, 1.165) is 45.6 Å². The highest BCUT2D eigenvalue weighted by Crippen LogP contribution is 2.44. The number of ether oxygens (including phenoxy) is 1. The first-order chi connectivity index (χ1) is 17.1. The maximum Gasteiger partial charge on any atom is 0.252 e. The van der Waals surface area contributed by atoms with Gasteiger partial charge >= 0.3 is 0 Å². The molecular weight excluding hydrogens is 460 g/mol. The summed E-state index contributed by atoms with van der Waals surface area (Å²) in [6, 6.07) is 11.5. The summed E-state index contributed by atoms with van der Waals surface area (Å²) in [4.78, 5) is 36.6. The van der Waals surface area contributed by atoms with Crippen LogP contribution in [0.15, 0.2) is 59.2 Å². The third-order valence-electron chi connectivity index (χ3n) is 6.25. The molecule has 0 unspecified atom stereocenters. The van der Waals surface area contributed by atoms with E-state index in [9.17, 15) is 4.79 Å². The van der Waals surface area contributed by atoms with Gasteiger partial charge < -0.3 is 4.74 Å². The Bertz CT molecular complexity index is 1610. The van der Waals surface area contributed by atoms with Gasteiger partial charge in [-0.2, -0.15) is 0 Å². The summed E-state index contributed by atoms with van der Waals surface area (Å²) in [6.45, 7) is 2.40. The lowest BCUT2D eigenvalue weighted by Gasteiger charge is -2.13. The lowest BCUT2D eigenvalue weighted by atomic mass is 10.1. The molecule has 0 radical (unpaired) electrons. The summed E-state index contributed by atoms with van der Waals surface area (Å²) in [5, 5.41) is 0.786. The number of pyridine rings is 1. The molecule has 1 aliphatic carbocycles. The van der Waals surface area contributed by atoms with Gasteiger partial charge in [-0.05, 0) is 37.0 Å². The van der Waals surface area contributed by atoms with E-state index >= 15 is 0 Å². The second kappa shape index (κ2) is 8.66. The Morgan fingerprint density at radius 3 is 2.60 bits per heavy atom. The predicted molar refractivity (Wildman–Crippen MR) is 135 cm³/mol. The Balaban J connectivity index is 1.43. The third-order valence-corrected chi connectivity index (χ3v) is 7.23. The van der Waals surface area contributed by atoms with E-state index < -0.39 is 0 Å². The van der Waals surface area contributed by atoms with Crippen LogP contribution in [-0.2, 0) is 6.54 Å². The minimum atomic E-state index is -0.122. The Labute approximate surface area is 205 Å². The molecule has 0 saturated heterocycles. The minimum absolute atomic E-state index is 0.122. The van der Waals surface area contributed by atoms with Crippen LogP contribution in [0.3, 0.4) is 0 Å². The highest BCUT2D eigenvalue weighted by molar-refractivity contribution is 7.13. The summed E-state index contributed by atoms with van der Waals surface area (Å²) in [5.41, 5.74) is 7.04. The lowest BCUT2D eigenvalue weighted by molar-refractivity contribution is 0.397. The molecule has 35 heavy (non-hydrogen) atoms. The quantitative estimate of drug-likeness (QED) is 0.349. The first-order valence-corrected chi connectivity index (χ1v) is 12.3. The number of aromatic nitrogens is 6. The van der Waals surface area contributed by atoms with Crippen molar-refractivity contribution in [3.63, 3.8) is 0 Å². The van der Waals surface area contributed by atoms with Crippen molar-refractivity contribution in [2.24, 2.45) is 0 Å². The zero-order chi connectivity index (χ0) is 23.9. The minimum Gasteiger partial charge on any atom is -0.480 e. The number of rotatable bonds is 6. The van der Waals surface area contributed by atoms with Gasteiger partial charge in [-0.25, -0.2) is 24.9 Å². The van der Waals surface area contributed by atoms with E-state index in [1.807, 2.05) is 24.6 Å². The topological polar surface area (TPSA) is 95.7 Å². The van der Waals surface area contributed by atoms with Crippen molar-refractivity contribution in [2.75, 3.05) is 7.11 Å². The molecule has 0 amide bonds. The van der Waals surface area contributed by atoms with Gasteiger partial charge in [-0.3, -0.25) is 9.36 Å². The summed E-state index contributed by atoms with van der Waals surface area (Å²) in [5.74, 6) is 1.27. The fourth-order valence-corrected chi connectivity index (χ4v) is 5.09. The van der Waals surface area contributed by atoms with Crippen molar-refractivity contribution in [3.8, 4) is 27.7 Å². The fraction of sp³-hybridized carbons (Fsp3) is 0.231. The lowest BCUT2D eigenvalue weighted by Crippen LogP contribution is -2.21. The monoisotopic (exact) mass is 482 g/mol. The summed E-state index contributed by atoms with van der Waals surface area (Å²) >= 11 is 1.62. The number of hydrogen-bond acceptors (Lipinski definition) is 8. The molecule has 8 nitrogen and oxygen atoms in total. The van der Waals surface area contributed by atoms with Gasteiger partial charge in [0.05, 0.1) is 35.4 Å². The Hall–Kier alpha value is -3.98. The van der Waals surface area contributed by atoms with Crippen LogP contribution in [-0.4, -0.2) is 36.6 Å². The number of methoxy groups -OCH3 is 1. The van der Waals surface area contributed by atoms with E-state index in [-0.39, 0.29) is 5.56 Å². The van der Waals surface area contributed by atoms with Crippen LogP contribution in [0, 0.1) is 6.92 Å². The van der Waals surface area contributed by atoms with Crippen LogP contribution in [0.2, 0.25) is 0 Å². The Kier molecular flexibility index (Phi) is 5.33. The molecular formula is C26H22N6O2S.